The van der Waals surface area contributed by atoms with E-state index in [0.717, 1.165) is 24.1 Å². The van der Waals surface area contributed by atoms with Crippen LogP contribution in [0, 0.1) is 12.7 Å². The first-order valence-electron chi connectivity index (χ1n) is 5.32. The topological polar surface area (TPSA) is 38.0 Å². The van der Waals surface area contributed by atoms with Crippen LogP contribution in [0.5, 0.6) is 0 Å². The summed E-state index contributed by atoms with van der Waals surface area (Å²) in [6.45, 7) is 5.49. The van der Waals surface area contributed by atoms with Crippen LogP contribution in [0.2, 0.25) is 0 Å². The predicted molar refractivity (Wildman–Crippen MR) is 61.1 cm³/mol. The van der Waals surface area contributed by atoms with Crippen molar-refractivity contribution < 1.29 is 4.39 Å². The number of hydrogen-bond donors (Lipinski definition) is 2. The molecule has 0 aliphatic carbocycles. The van der Waals surface area contributed by atoms with Crippen LogP contribution in [-0.4, -0.2) is 12.6 Å². The molecule has 3 N–H and O–H groups in total. The maximum absolute atomic E-state index is 12.8. The second-order valence-electron chi connectivity index (χ2n) is 3.93. The molecule has 0 radical (unpaired) electrons. The summed E-state index contributed by atoms with van der Waals surface area (Å²) in [5, 5.41) is 3.36. The maximum Gasteiger partial charge on any atom is 0.123 e. The van der Waals surface area contributed by atoms with Gasteiger partial charge in [0.05, 0.1) is 0 Å². The molecule has 0 saturated carbocycles. The molecule has 15 heavy (non-hydrogen) atoms. The smallest absolute Gasteiger partial charge is 0.123 e. The van der Waals surface area contributed by atoms with Crippen molar-refractivity contribution in [3.8, 4) is 0 Å². The molecule has 0 amide bonds. The summed E-state index contributed by atoms with van der Waals surface area (Å²) in [4.78, 5) is 0. The van der Waals surface area contributed by atoms with Crippen molar-refractivity contribution in [3.05, 3.63) is 35.1 Å². The van der Waals surface area contributed by atoms with Gasteiger partial charge in [-0.1, -0.05) is 6.07 Å². The lowest BCUT2D eigenvalue weighted by Crippen LogP contribution is -2.28. The lowest BCUT2D eigenvalue weighted by molar-refractivity contribution is 0.518. The molecular weight excluding hydrogens is 191 g/mol. The quantitative estimate of drug-likeness (QED) is 0.779. The molecule has 1 aromatic carbocycles. The summed E-state index contributed by atoms with van der Waals surface area (Å²) in [7, 11) is 0. The fourth-order valence-electron chi connectivity index (χ4n) is 1.49. The Kier molecular flexibility index (Phi) is 4.72. The van der Waals surface area contributed by atoms with Crippen molar-refractivity contribution in [1.82, 2.24) is 5.32 Å². The van der Waals surface area contributed by atoms with Crippen LogP contribution in [0.25, 0.3) is 0 Å². The molecule has 0 spiro atoms. The second-order valence-corrected chi connectivity index (χ2v) is 3.93. The first-order valence-corrected chi connectivity index (χ1v) is 5.32. The van der Waals surface area contributed by atoms with Crippen LogP contribution in [0.3, 0.4) is 0 Å². The van der Waals surface area contributed by atoms with E-state index in [1.54, 1.807) is 6.07 Å². The van der Waals surface area contributed by atoms with Crippen molar-refractivity contribution in [3.63, 3.8) is 0 Å². The highest BCUT2D eigenvalue weighted by atomic mass is 19.1. The zero-order valence-electron chi connectivity index (χ0n) is 9.39. The normalized spacial score (nSPS) is 12.8. The molecule has 3 heteroatoms. The van der Waals surface area contributed by atoms with Gasteiger partial charge in [0.2, 0.25) is 0 Å². The van der Waals surface area contributed by atoms with Crippen molar-refractivity contribution >= 4 is 0 Å². The molecule has 1 atom stereocenters. The standard InChI is InChI=1S/C12H19FN2/c1-9-7-12(13)4-3-11(9)8-15-10(2)5-6-14/h3-4,7,10,15H,5-6,8,14H2,1-2H3. The third-order valence-electron chi connectivity index (χ3n) is 2.55. The fourth-order valence-corrected chi connectivity index (χ4v) is 1.49. The molecule has 1 aromatic rings. The van der Waals surface area contributed by atoms with E-state index in [1.807, 2.05) is 13.0 Å². The number of nitrogens with two attached hydrogens (primary N) is 1. The highest BCUT2D eigenvalue weighted by Gasteiger charge is 2.03. The van der Waals surface area contributed by atoms with E-state index in [2.05, 4.69) is 12.2 Å². The molecule has 1 rings (SSSR count). The van der Waals surface area contributed by atoms with E-state index >= 15 is 0 Å². The third kappa shape index (κ3) is 3.98. The van der Waals surface area contributed by atoms with Crippen LogP contribution in [-0.2, 0) is 6.54 Å². The summed E-state index contributed by atoms with van der Waals surface area (Å²) < 4.78 is 12.8. The molecule has 1 unspecified atom stereocenters. The van der Waals surface area contributed by atoms with Crippen LogP contribution >= 0.6 is 0 Å². The molecule has 84 valence electrons. The Balaban J connectivity index is 2.50. The number of hydrogen-bond acceptors (Lipinski definition) is 2. The van der Waals surface area contributed by atoms with E-state index in [4.69, 9.17) is 5.73 Å². The monoisotopic (exact) mass is 210 g/mol. The zero-order chi connectivity index (χ0) is 11.3. The van der Waals surface area contributed by atoms with Gasteiger partial charge in [-0.25, -0.2) is 4.39 Å². The summed E-state index contributed by atoms with van der Waals surface area (Å²) in [5.74, 6) is -0.175. The maximum atomic E-state index is 12.8. The minimum atomic E-state index is -0.175. The van der Waals surface area contributed by atoms with Gasteiger partial charge in [0.25, 0.3) is 0 Å². The van der Waals surface area contributed by atoms with Crippen LogP contribution in [0.4, 0.5) is 4.39 Å². The lowest BCUT2D eigenvalue weighted by atomic mass is 10.1. The summed E-state index contributed by atoms with van der Waals surface area (Å²) >= 11 is 0. The van der Waals surface area contributed by atoms with Crippen LogP contribution in [0.1, 0.15) is 24.5 Å². The second kappa shape index (κ2) is 5.83. The molecule has 0 saturated heterocycles. The Labute approximate surface area is 90.7 Å². The third-order valence-corrected chi connectivity index (χ3v) is 2.55. The molecule has 0 aromatic heterocycles. The number of aryl methyl sites for hydroxylation is 1. The average Bonchev–Trinajstić information content (AvgIpc) is 2.17. The minimum absolute atomic E-state index is 0.175. The Morgan fingerprint density at radius 1 is 1.47 bits per heavy atom. The summed E-state index contributed by atoms with van der Waals surface area (Å²) in [6.07, 6.45) is 0.959. The Hall–Kier alpha value is -0.930. The van der Waals surface area contributed by atoms with Crippen molar-refractivity contribution in [2.45, 2.75) is 32.9 Å². The molecule has 0 fully saturated rings. The molecule has 2 nitrogen and oxygen atoms in total. The first kappa shape index (κ1) is 12.1. The van der Waals surface area contributed by atoms with Gasteiger partial charge in [0, 0.05) is 12.6 Å². The van der Waals surface area contributed by atoms with E-state index in [0.29, 0.717) is 12.6 Å². The van der Waals surface area contributed by atoms with Gasteiger partial charge in [0.1, 0.15) is 5.82 Å². The zero-order valence-corrected chi connectivity index (χ0v) is 9.39. The molecule has 0 aliphatic heterocycles. The molecular formula is C12H19FN2. The van der Waals surface area contributed by atoms with Crippen LogP contribution in [0.15, 0.2) is 18.2 Å². The fraction of sp³-hybridized carbons (Fsp3) is 0.500. The van der Waals surface area contributed by atoms with Crippen molar-refractivity contribution in [2.24, 2.45) is 5.73 Å². The predicted octanol–water partition coefficient (Wildman–Crippen LogP) is 1.96. The van der Waals surface area contributed by atoms with E-state index in [-0.39, 0.29) is 5.82 Å². The summed E-state index contributed by atoms with van der Waals surface area (Å²) in [5.41, 5.74) is 7.59. The van der Waals surface area contributed by atoms with Crippen molar-refractivity contribution in [2.75, 3.05) is 6.54 Å². The number of rotatable bonds is 5. The minimum Gasteiger partial charge on any atom is -0.330 e. The highest BCUT2D eigenvalue weighted by Crippen LogP contribution is 2.10. The van der Waals surface area contributed by atoms with Gasteiger partial charge in [-0.3, -0.25) is 0 Å². The SMILES string of the molecule is Cc1cc(F)ccc1CNC(C)CCN. The van der Waals surface area contributed by atoms with Gasteiger partial charge in [-0.2, -0.15) is 0 Å². The average molecular weight is 210 g/mol. The number of halogens is 1. The van der Waals surface area contributed by atoms with Gasteiger partial charge in [-0.05, 0) is 50.1 Å². The Morgan fingerprint density at radius 2 is 2.20 bits per heavy atom. The Morgan fingerprint density at radius 3 is 2.80 bits per heavy atom. The van der Waals surface area contributed by atoms with Crippen molar-refractivity contribution in [1.29, 1.82) is 0 Å². The van der Waals surface area contributed by atoms with Gasteiger partial charge in [-0.15, -0.1) is 0 Å². The van der Waals surface area contributed by atoms with Gasteiger partial charge < -0.3 is 11.1 Å². The number of nitrogens with one attached hydrogen (secondary N) is 1. The van der Waals surface area contributed by atoms with Gasteiger partial charge in [0.15, 0.2) is 0 Å². The first-order chi connectivity index (χ1) is 7.13. The molecule has 0 heterocycles. The molecule has 0 bridgehead atoms. The van der Waals surface area contributed by atoms with E-state index in [9.17, 15) is 4.39 Å². The van der Waals surface area contributed by atoms with Crippen LogP contribution < -0.4 is 11.1 Å². The lowest BCUT2D eigenvalue weighted by Gasteiger charge is -2.13. The number of benzene rings is 1. The largest absolute Gasteiger partial charge is 0.330 e. The van der Waals surface area contributed by atoms with E-state index < -0.39 is 0 Å². The summed E-state index contributed by atoms with van der Waals surface area (Å²) in [6, 6.07) is 5.29. The Bertz CT molecular complexity index is 312. The highest BCUT2D eigenvalue weighted by molar-refractivity contribution is 5.26. The van der Waals surface area contributed by atoms with E-state index in [1.165, 1.54) is 6.07 Å². The van der Waals surface area contributed by atoms with Gasteiger partial charge >= 0.3 is 0 Å². The molecule has 0 aliphatic rings.